The van der Waals surface area contributed by atoms with Gasteiger partial charge in [0, 0.05) is 0 Å². The van der Waals surface area contributed by atoms with Crippen molar-refractivity contribution in [1.82, 2.24) is 4.90 Å². The Hall–Kier alpha value is -1.84. The molecule has 2 fully saturated rings. The Bertz CT molecular complexity index is 472. The van der Waals surface area contributed by atoms with Crippen LogP contribution in [0.15, 0.2) is 24.3 Å². The van der Waals surface area contributed by atoms with Crippen LogP contribution in [0.1, 0.15) is 24.8 Å². The van der Waals surface area contributed by atoms with Crippen LogP contribution in [0.5, 0.6) is 5.75 Å². The van der Waals surface area contributed by atoms with Gasteiger partial charge in [0.15, 0.2) is 0 Å². The van der Waals surface area contributed by atoms with Gasteiger partial charge in [0.05, 0.1) is 18.4 Å². The van der Waals surface area contributed by atoms with Crippen LogP contribution in [-0.4, -0.2) is 21.8 Å². The van der Waals surface area contributed by atoms with E-state index in [1.54, 1.807) is 24.3 Å². The molecule has 1 N–H and O–H groups in total. The van der Waals surface area contributed by atoms with E-state index in [-0.39, 0.29) is 29.4 Å². The second-order valence-corrected chi connectivity index (χ2v) is 5.07. The van der Waals surface area contributed by atoms with Crippen molar-refractivity contribution in [2.45, 2.75) is 25.8 Å². The lowest BCUT2D eigenvalue weighted by Gasteiger charge is -2.15. The summed E-state index contributed by atoms with van der Waals surface area (Å²) in [6.45, 7) is 0.324. The molecule has 4 nitrogen and oxygen atoms in total. The number of benzene rings is 1. The molecule has 1 saturated carbocycles. The Kier molecular flexibility index (Phi) is 2.58. The molecular formula is C14H15NO3. The van der Waals surface area contributed by atoms with Crippen molar-refractivity contribution in [3.05, 3.63) is 29.8 Å². The molecule has 2 aliphatic rings. The van der Waals surface area contributed by atoms with E-state index in [0.29, 0.717) is 6.54 Å². The number of amides is 2. The summed E-state index contributed by atoms with van der Waals surface area (Å²) in [4.78, 5) is 25.6. The van der Waals surface area contributed by atoms with Crippen LogP contribution in [-0.2, 0) is 16.1 Å². The molecule has 0 bridgehead atoms. The first kappa shape index (κ1) is 11.3. The van der Waals surface area contributed by atoms with Crippen LogP contribution < -0.4 is 0 Å². The normalized spacial score (nSPS) is 26.8. The summed E-state index contributed by atoms with van der Waals surface area (Å²) in [5, 5.41) is 9.21. The Morgan fingerprint density at radius 2 is 1.61 bits per heavy atom. The van der Waals surface area contributed by atoms with E-state index in [0.717, 1.165) is 24.8 Å². The fraction of sp³-hybridized carbons (Fsp3) is 0.429. The van der Waals surface area contributed by atoms with Gasteiger partial charge < -0.3 is 5.11 Å². The first-order valence-electron chi connectivity index (χ1n) is 6.30. The minimum absolute atomic E-state index is 0.0180. The standard InChI is InChI=1S/C14H15NO3/c16-10-6-4-9(5-7-10)8-15-13(17)11-2-1-3-12(11)14(15)18/h4-7,11-12,16H,1-3,8H2. The summed E-state index contributed by atoms with van der Waals surface area (Å²) in [6, 6.07) is 6.62. The minimum Gasteiger partial charge on any atom is -0.508 e. The second-order valence-electron chi connectivity index (χ2n) is 5.07. The van der Waals surface area contributed by atoms with Crippen LogP contribution in [0.25, 0.3) is 0 Å². The van der Waals surface area contributed by atoms with Gasteiger partial charge in [0.25, 0.3) is 0 Å². The third-order valence-electron chi connectivity index (χ3n) is 3.96. The monoisotopic (exact) mass is 245 g/mol. The molecule has 1 aliphatic heterocycles. The molecule has 1 saturated heterocycles. The Morgan fingerprint density at radius 1 is 1.06 bits per heavy atom. The summed E-state index contributed by atoms with van der Waals surface area (Å²) < 4.78 is 0. The quantitative estimate of drug-likeness (QED) is 0.806. The molecule has 18 heavy (non-hydrogen) atoms. The van der Waals surface area contributed by atoms with Gasteiger partial charge in [-0.15, -0.1) is 0 Å². The third kappa shape index (κ3) is 1.68. The molecule has 1 aliphatic carbocycles. The van der Waals surface area contributed by atoms with Crippen molar-refractivity contribution in [1.29, 1.82) is 0 Å². The minimum atomic E-state index is -0.0744. The molecule has 3 rings (SSSR count). The Morgan fingerprint density at radius 3 is 2.17 bits per heavy atom. The maximum absolute atomic E-state index is 12.1. The number of fused-ring (bicyclic) bond motifs is 1. The maximum Gasteiger partial charge on any atom is 0.233 e. The number of carbonyl (C=O) groups excluding carboxylic acids is 2. The summed E-state index contributed by atoms with van der Waals surface area (Å²) in [7, 11) is 0. The smallest absolute Gasteiger partial charge is 0.233 e. The van der Waals surface area contributed by atoms with E-state index in [9.17, 15) is 14.7 Å². The van der Waals surface area contributed by atoms with Gasteiger partial charge in [-0.2, -0.15) is 0 Å². The molecule has 0 aromatic heterocycles. The van der Waals surface area contributed by atoms with Gasteiger partial charge in [-0.1, -0.05) is 18.6 Å². The van der Waals surface area contributed by atoms with Gasteiger partial charge in [-0.3, -0.25) is 14.5 Å². The molecule has 2 amide bonds. The molecule has 1 aromatic carbocycles. The maximum atomic E-state index is 12.1. The number of aromatic hydroxyl groups is 1. The number of rotatable bonds is 2. The Balaban J connectivity index is 1.79. The molecule has 0 radical (unpaired) electrons. The summed E-state index contributed by atoms with van der Waals surface area (Å²) in [6.07, 6.45) is 2.68. The lowest BCUT2D eigenvalue weighted by Crippen LogP contribution is -2.31. The summed E-state index contributed by atoms with van der Waals surface area (Å²) >= 11 is 0. The predicted molar refractivity (Wildman–Crippen MR) is 64.5 cm³/mol. The van der Waals surface area contributed by atoms with Crippen LogP contribution in [0.2, 0.25) is 0 Å². The molecule has 94 valence electrons. The molecule has 2 atom stereocenters. The van der Waals surface area contributed by atoms with Crippen molar-refractivity contribution in [3.8, 4) is 5.75 Å². The van der Waals surface area contributed by atoms with E-state index in [1.165, 1.54) is 4.90 Å². The second kappa shape index (κ2) is 4.12. The van der Waals surface area contributed by atoms with Crippen LogP contribution in [0.4, 0.5) is 0 Å². The lowest BCUT2D eigenvalue weighted by molar-refractivity contribution is -0.141. The third-order valence-corrected chi connectivity index (χ3v) is 3.96. The molecular weight excluding hydrogens is 230 g/mol. The number of phenols is 1. The molecule has 2 unspecified atom stereocenters. The number of phenolic OH excluding ortho intramolecular Hbond substituents is 1. The van der Waals surface area contributed by atoms with Gasteiger partial charge in [0.2, 0.25) is 11.8 Å². The first-order chi connectivity index (χ1) is 8.66. The first-order valence-corrected chi connectivity index (χ1v) is 6.30. The number of imide groups is 1. The van der Waals surface area contributed by atoms with E-state index in [1.807, 2.05) is 0 Å². The average molecular weight is 245 g/mol. The summed E-state index contributed by atoms with van der Waals surface area (Å²) in [5.74, 6) is 0.00470. The van der Waals surface area contributed by atoms with E-state index in [4.69, 9.17) is 0 Å². The Labute approximate surface area is 105 Å². The van der Waals surface area contributed by atoms with Gasteiger partial charge in [-0.25, -0.2) is 0 Å². The van der Waals surface area contributed by atoms with Crippen molar-refractivity contribution in [2.75, 3.05) is 0 Å². The van der Waals surface area contributed by atoms with Crippen molar-refractivity contribution >= 4 is 11.8 Å². The van der Waals surface area contributed by atoms with Gasteiger partial charge in [-0.05, 0) is 30.5 Å². The van der Waals surface area contributed by atoms with E-state index < -0.39 is 0 Å². The van der Waals surface area contributed by atoms with Crippen LogP contribution >= 0.6 is 0 Å². The number of likely N-dealkylation sites (tertiary alicyclic amines) is 1. The highest BCUT2D eigenvalue weighted by Gasteiger charge is 2.49. The topological polar surface area (TPSA) is 57.6 Å². The van der Waals surface area contributed by atoms with Gasteiger partial charge in [0.1, 0.15) is 5.75 Å². The largest absolute Gasteiger partial charge is 0.508 e. The molecule has 4 heteroatoms. The zero-order valence-corrected chi connectivity index (χ0v) is 10.0. The zero-order valence-electron chi connectivity index (χ0n) is 10.0. The highest BCUT2D eigenvalue weighted by Crippen LogP contribution is 2.40. The molecule has 1 heterocycles. The lowest BCUT2D eigenvalue weighted by atomic mass is 10.00. The van der Waals surface area contributed by atoms with Gasteiger partial charge >= 0.3 is 0 Å². The number of nitrogens with zero attached hydrogens (tertiary/aromatic N) is 1. The fourth-order valence-electron chi connectivity index (χ4n) is 3.00. The average Bonchev–Trinajstić information content (AvgIpc) is 2.92. The number of hydrogen-bond acceptors (Lipinski definition) is 3. The number of carbonyl (C=O) groups is 2. The molecule has 1 aromatic rings. The van der Waals surface area contributed by atoms with E-state index in [2.05, 4.69) is 0 Å². The summed E-state index contributed by atoms with van der Waals surface area (Å²) in [5.41, 5.74) is 0.870. The number of hydrogen-bond donors (Lipinski definition) is 1. The highest BCUT2D eigenvalue weighted by molar-refractivity contribution is 6.05. The SMILES string of the molecule is O=C1C2CCCC2C(=O)N1Cc1ccc(O)cc1. The van der Waals surface area contributed by atoms with E-state index >= 15 is 0 Å². The van der Waals surface area contributed by atoms with Crippen molar-refractivity contribution in [3.63, 3.8) is 0 Å². The molecule has 0 spiro atoms. The van der Waals surface area contributed by atoms with Crippen molar-refractivity contribution in [2.24, 2.45) is 11.8 Å². The van der Waals surface area contributed by atoms with Crippen molar-refractivity contribution < 1.29 is 14.7 Å². The predicted octanol–water partition coefficient (Wildman–Crippen LogP) is 1.68. The van der Waals surface area contributed by atoms with Crippen LogP contribution in [0.3, 0.4) is 0 Å². The zero-order chi connectivity index (χ0) is 12.7. The van der Waals surface area contributed by atoms with Crippen LogP contribution in [0, 0.1) is 11.8 Å². The highest BCUT2D eigenvalue weighted by atomic mass is 16.3. The fourth-order valence-corrected chi connectivity index (χ4v) is 3.00.